The van der Waals surface area contributed by atoms with Gasteiger partial charge in [-0.1, -0.05) is 19.1 Å². The molecule has 0 radical (unpaired) electrons. The quantitative estimate of drug-likeness (QED) is 0.745. The summed E-state index contributed by atoms with van der Waals surface area (Å²) in [6.07, 6.45) is -3.64. The summed E-state index contributed by atoms with van der Waals surface area (Å²) in [5, 5.41) is 0. The summed E-state index contributed by atoms with van der Waals surface area (Å²) in [6, 6.07) is 5.33. The maximum atomic E-state index is 13.9. The summed E-state index contributed by atoms with van der Waals surface area (Å²) in [4.78, 5) is 8.50. The lowest BCUT2D eigenvalue weighted by Crippen LogP contribution is -2.21. The van der Waals surface area contributed by atoms with Crippen LogP contribution in [0.4, 0.5) is 29.1 Å². The molecule has 0 aliphatic rings. The van der Waals surface area contributed by atoms with Crippen LogP contribution in [0, 0.1) is 5.82 Å². The lowest BCUT2D eigenvalue weighted by Gasteiger charge is -2.23. The third kappa shape index (κ3) is 3.93. The maximum Gasteiger partial charge on any atom is 0.421 e. The van der Waals surface area contributed by atoms with Gasteiger partial charge in [0.2, 0.25) is 0 Å². The molecule has 130 valence electrons. The lowest BCUT2D eigenvalue weighted by atomic mass is 10.2. The second-order valence-corrected chi connectivity index (χ2v) is 5.23. The van der Waals surface area contributed by atoms with Crippen molar-refractivity contribution in [2.75, 3.05) is 11.9 Å². The zero-order chi connectivity index (χ0) is 17.9. The Balaban J connectivity index is 2.51. The van der Waals surface area contributed by atoms with Gasteiger partial charge in [-0.3, -0.25) is 0 Å². The van der Waals surface area contributed by atoms with Crippen molar-refractivity contribution in [3.63, 3.8) is 0 Å². The molecule has 8 heteroatoms. The fourth-order valence-corrected chi connectivity index (χ4v) is 1.97. The van der Waals surface area contributed by atoms with Crippen molar-refractivity contribution in [3.8, 4) is 6.01 Å². The molecule has 1 aromatic heterocycles. The van der Waals surface area contributed by atoms with Gasteiger partial charge in [-0.25, -0.2) is 9.37 Å². The van der Waals surface area contributed by atoms with Crippen LogP contribution in [0.1, 0.15) is 25.8 Å². The molecular formula is C16H17F4N3O. The molecule has 2 rings (SSSR count). The van der Waals surface area contributed by atoms with Crippen LogP contribution in [-0.4, -0.2) is 23.1 Å². The summed E-state index contributed by atoms with van der Waals surface area (Å²) in [6.45, 7) is 3.61. The maximum absolute atomic E-state index is 13.9. The summed E-state index contributed by atoms with van der Waals surface area (Å²) in [5.74, 6) is -1.13. The summed E-state index contributed by atoms with van der Waals surface area (Å²) in [7, 11) is 1.31. The fourth-order valence-electron chi connectivity index (χ4n) is 1.97. The van der Waals surface area contributed by atoms with E-state index in [0.717, 1.165) is 11.0 Å². The number of rotatable bonds is 5. The molecule has 2 aromatic rings. The highest BCUT2D eigenvalue weighted by atomic mass is 19.4. The van der Waals surface area contributed by atoms with Crippen molar-refractivity contribution in [2.45, 2.75) is 32.5 Å². The molecule has 0 saturated heterocycles. The van der Waals surface area contributed by atoms with Crippen LogP contribution in [0.5, 0.6) is 6.01 Å². The molecule has 0 aliphatic heterocycles. The third-order valence-corrected chi connectivity index (χ3v) is 3.46. The van der Waals surface area contributed by atoms with E-state index in [1.165, 1.54) is 25.2 Å². The van der Waals surface area contributed by atoms with Gasteiger partial charge in [-0.15, -0.1) is 0 Å². The van der Waals surface area contributed by atoms with Crippen molar-refractivity contribution in [2.24, 2.45) is 0 Å². The van der Waals surface area contributed by atoms with Crippen LogP contribution >= 0.6 is 0 Å². The Hall–Kier alpha value is -2.38. The van der Waals surface area contributed by atoms with E-state index in [1.54, 1.807) is 6.92 Å². The summed E-state index contributed by atoms with van der Waals surface area (Å²) < 4.78 is 59.0. The van der Waals surface area contributed by atoms with Crippen molar-refractivity contribution in [1.82, 2.24) is 9.97 Å². The van der Waals surface area contributed by atoms with Crippen LogP contribution in [0.15, 0.2) is 30.5 Å². The van der Waals surface area contributed by atoms with Gasteiger partial charge in [-0.2, -0.15) is 18.2 Å². The second kappa shape index (κ2) is 7.02. The first-order valence-corrected chi connectivity index (χ1v) is 7.33. The second-order valence-electron chi connectivity index (χ2n) is 5.23. The molecule has 1 heterocycles. The van der Waals surface area contributed by atoms with Crippen LogP contribution in [0.2, 0.25) is 0 Å². The van der Waals surface area contributed by atoms with Gasteiger partial charge in [0.25, 0.3) is 0 Å². The van der Waals surface area contributed by atoms with Crippen LogP contribution in [0.25, 0.3) is 0 Å². The standard InChI is InChI=1S/C16H17F4N3O/c1-4-10(2)24-15-21-9-11(16(18,19)20)14(22-15)23(3)13-8-6-5-7-12(13)17/h5-10H,4H2,1-3H3. The van der Waals surface area contributed by atoms with Crippen molar-refractivity contribution >= 4 is 11.5 Å². The molecule has 4 nitrogen and oxygen atoms in total. The molecule has 0 bridgehead atoms. The molecule has 0 amide bonds. The van der Waals surface area contributed by atoms with Gasteiger partial charge < -0.3 is 9.64 Å². The molecule has 0 saturated carbocycles. The highest BCUT2D eigenvalue weighted by Crippen LogP contribution is 2.38. The Morgan fingerprint density at radius 3 is 2.50 bits per heavy atom. The summed E-state index contributed by atoms with van der Waals surface area (Å²) >= 11 is 0. The van der Waals surface area contributed by atoms with E-state index in [-0.39, 0.29) is 17.8 Å². The van der Waals surface area contributed by atoms with Gasteiger partial charge >= 0.3 is 12.2 Å². The predicted molar refractivity (Wildman–Crippen MR) is 81.9 cm³/mol. The smallest absolute Gasteiger partial charge is 0.421 e. The zero-order valence-corrected chi connectivity index (χ0v) is 13.4. The highest BCUT2D eigenvalue weighted by molar-refractivity contribution is 5.63. The van der Waals surface area contributed by atoms with E-state index in [4.69, 9.17) is 4.74 Å². The van der Waals surface area contributed by atoms with Crippen molar-refractivity contribution in [3.05, 3.63) is 41.8 Å². The predicted octanol–water partition coefficient (Wildman–Crippen LogP) is 4.58. The van der Waals surface area contributed by atoms with Gasteiger partial charge in [-0.05, 0) is 25.5 Å². The minimum atomic E-state index is -4.68. The average molecular weight is 343 g/mol. The average Bonchev–Trinajstić information content (AvgIpc) is 2.53. The first-order chi connectivity index (χ1) is 11.2. The largest absolute Gasteiger partial charge is 0.460 e. The molecule has 0 spiro atoms. The number of para-hydroxylation sites is 1. The number of anilines is 2. The number of ether oxygens (including phenoxy) is 1. The van der Waals surface area contributed by atoms with Gasteiger partial charge in [0, 0.05) is 13.2 Å². The molecular weight excluding hydrogens is 326 g/mol. The lowest BCUT2D eigenvalue weighted by molar-refractivity contribution is -0.137. The molecule has 24 heavy (non-hydrogen) atoms. The van der Waals surface area contributed by atoms with Gasteiger partial charge in [0.1, 0.15) is 11.4 Å². The van der Waals surface area contributed by atoms with Crippen molar-refractivity contribution < 1.29 is 22.3 Å². The monoisotopic (exact) mass is 343 g/mol. The molecule has 1 aromatic carbocycles. The van der Waals surface area contributed by atoms with Crippen LogP contribution in [-0.2, 0) is 6.18 Å². The number of hydrogen-bond acceptors (Lipinski definition) is 4. The number of nitrogens with zero attached hydrogens (tertiary/aromatic N) is 3. The highest BCUT2D eigenvalue weighted by Gasteiger charge is 2.37. The van der Waals surface area contributed by atoms with E-state index in [1.807, 2.05) is 6.92 Å². The summed E-state index contributed by atoms with van der Waals surface area (Å²) in [5.41, 5.74) is -1.10. The Morgan fingerprint density at radius 2 is 1.92 bits per heavy atom. The first kappa shape index (κ1) is 18.0. The Kier molecular flexibility index (Phi) is 5.26. The van der Waals surface area contributed by atoms with E-state index in [9.17, 15) is 17.6 Å². The molecule has 0 N–H and O–H groups in total. The van der Waals surface area contributed by atoms with E-state index < -0.39 is 23.4 Å². The Bertz CT molecular complexity index is 706. The number of benzene rings is 1. The van der Waals surface area contributed by atoms with E-state index >= 15 is 0 Å². The normalized spacial score (nSPS) is 12.8. The Morgan fingerprint density at radius 1 is 1.25 bits per heavy atom. The zero-order valence-electron chi connectivity index (χ0n) is 13.4. The number of alkyl halides is 3. The topological polar surface area (TPSA) is 38.2 Å². The molecule has 0 aliphatic carbocycles. The fraction of sp³-hybridized carbons (Fsp3) is 0.375. The van der Waals surface area contributed by atoms with E-state index in [0.29, 0.717) is 12.6 Å². The van der Waals surface area contributed by atoms with Gasteiger partial charge in [0.05, 0.1) is 11.8 Å². The van der Waals surface area contributed by atoms with Crippen LogP contribution in [0.3, 0.4) is 0 Å². The number of halogens is 4. The number of hydrogen-bond donors (Lipinski definition) is 0. The third-order valence-electron chi connectivity index (χ3n) is 3.46. The Labute approximate surface area is 137 Å². The number of aromatic nitrogens is 2. The molecule has 1 unspecified atom stereocenters. The molecule has 1 atom stereocenters. The van der Waals surface area contributed by atoms with Gasteiger partial charge in [0.15, 0.2) is 5.82 Å². The van der Waals surface area contributed by atoms with Crippen LogP contribution < -0.4 is 9.64 Å². The van der Waals surface area contributed by atoms with Crippen molar-refractivity contribution in [1.29, 1.82) is 0 Å². The minimum Gasteiger partial charge on any atom is -0.460 e. The first-order valence-electron chi connectivity index (χ1n) is 7.33. The van der Waals surface area contributed by atoms with E-state index in [2.05, 4.69) is 9.97 Å². The SMILES string of the molecule is CCC(C)Oc1ncc(C(F)(F)F)c(N(C)c2ccccc2F)n1. The minimum absolute atomic E-state index is 0.0313. The molecule has 0 fully saturated rings.